The zero-order chi connectivity index (χ0) is 20.4. The molecular formula is C22H27FN4O2. The van der Waals surface area contributed by atoms with Gasteiger partial charge in [0, 0.05) is 24.2 Å². The molecule has 4 rings (SSSR count). The van der Waals surface area contributed by atoms with Gasteiger partial charge in [-0.25, -0.2) is 9.37 Å². The Morgan fingerprint density at radius 1 is 1.14 bits per heavy atom. The fraction of sp³-hybridized carbons (Fsp3) is 0.500. The van der Waals surface area contributed by atoms with Gasteiger partial charge in [-0.3, -0.25) is 4.79 Å². The summed E-state index contributed by atoms with van der Waals surface area (Å²) in [6.45, 7) is 4.50. The predicted molar refractivity (Wildman–Crippen MR) is 107 cm³/mol. The number of likely N-dealkylation sites (tertiary alicyclic amines) is 2. The minimum atomic E-state index is -0.440. The van der Waals surface area contributed by atoms with Gasteiger partial charge in [0.05, 0.1) is 6.04 Å². The van der Waals surface area contributed by atoms with Crippen LogP contribution in [0.5, 0.6) is 11.6 Å². The van der Waals surface area contributed by atoms with E-state index in [0.29, 0.717) is 11.7 Å². The van der Waals surface area contributed by atoms with Gasteiger partial charge in [0.25, 0.3) is 0 Å². The van der Waals surface area contributed by atoms with Gasteiger partial charge in [0.1, 0.15) is 0 Å². The van der Waals surface area contributed by atoms with Gasteiger partial charge in [-0.05, 0) is 64.9 Å². The number of para-hydroxylation sites is 1. The zero-order valence-corrected chi connectivity index (χ0v) is 17.0. The monoisotopic (exact) mass is 398 g/mol. The quantitative estimate of drug-likeness (QED) is 0.786. The van der Waals surface area contributed by atoms with Crippen molar-refractivity contribution < 1.29 is 13.9 Å². The first kappa shape index (κ1) is 19.8. The molecule has 29 heavy (non-hydrogen) atoms. The number of aromatic nitrogens is 2. The van der Waals surface area contributed by atoms with E-state index in [2.05, 4.69) is 21.9 Å². The van der Waals surface area contributed by atoms with Gasteiger partial charge in [-0.15, -0.1) is 0 Å². The van der Waals surface area contributed by atoms with Crippen molar-refractivity contribution in [3.05, 3.63) is 47.7 Å². The SMILES string of the molecule is Cc1cc(Oc2ccccc2F)nc([C@H]2CCCN2C(=O)C2CCN(C)CC2)n1. The van der Waals surface area contributed by atoms with Crippen molar-refractivity contribution in [3.8, 4) is 11.6 Å². The molecule has 0 aliphatic carbocycles. The molecule has 0 spiro atoms. The van der Waals surface area contributed by atoms with E-state index < -0.39 is 5.82 Å². The molecule has 154 valence electrons. The predicted octanol–water partition coefficient (Wildman–Crippen LogP) is 3.72. The summed E-state index contributed by atoms with van der Waals surface area (Å²) < 4.78 is 19.6. The highest BCUT2D eigenvalue weighted by atomic mass is 19.1. The molecule has 2 aliphatic rings. The number of hydrogen-bond donors (Lipinski definition) is 0. The van der Waals surface area contributed by atoms with Gasteiger partial charge in [-0.1, -0.05) is 12.1 Å². The van der Waals surface area contributed by atoms with E-state index in [-0.39, 0.29) is 23.6 Å². The standard InChI is InChI=1S/C22H27FN4O2/c1-15-14-20(29-19-8-4-3-6-17(19)23)25-21(24-15)18-7-5-11-27(18)22(28)16-9-12-26(2)13-10-16/h3-4,6,8,14,16,18H,5,7,9-13H2,1-2H3/t18-/m1/s1. The molecule has 0 bridgehead atoms. The minimum Gasteiger partial charge on any atom is -0.436 e. The van der Waals surface area contributed by atoms with Gasteiger partial charge < -0.3 is 14.5 Å². The molecule has 0 radical (unpaired) electrons. The number of benzene rings is 1. The van der Waals surface area contributed by atoms with Crippen LogP contribution in [0.2, 0.25) is 0 Å². The van der Waals surface area contributed by atoms with E-state index in [9.17, 15) is 9.18 Å². The second-order valence-electron chi connectivity index (χ2n) is 8.01. The molecule has 0 unspecified atom stereocenters. The van der Waals surface area contributed by atoms with Gasteiger partial charge in [0.15, 0.2) is 17.4 Å². The third-order valence-electron chi connectivity index (χ3n) is 5.80. The molecule has 2 saturated heterocycles. The molecule has 1 atom stereocenters. The Balaban J connectivity index is 1.54. The van der Waals surface area contributed by atoms with Crippen LogP contribution >= 0.6 is 0 Å². The smallest absolute Gasteiger partial charge is 0.226 e. The van der Waals surface area contributed by atoms with Crippen LogP contribution in [0.25, 0.3) is 0 Å². The first-order valence-electron chi connectivity index (χ1n) is 10.3. The first-order chi connectivity index (χ1) is 14.0. The number of hydrogen-bond acceptors (Lipinski definition) is 5. The molecule has 1 aromatic carbocycles. The maximum Gasteiger partial charge on any atom is 0.226 e. The number of nitrogens with zero attached hydrogens (tertiary/aromatic N) is 4. The fourth-order valence-electron chi connectivity index (χ4n) is 4.19. The van der Waals surface area contributed by atoms with Crippen LogP contribution in [0.1, 0.15) is 43.2 Å². The average Bonchev–Trinajstić information content (AvgIpc) is 3.19. The Labute approximate surface area is 170 Å². The third-order valence-corrected chi connectivity index (χ3v) is 5.80. The van der Waals surface area contributed by atoms with Crippen molar-refractivity contribution in [1.29, 1.82) is 0 Å². The maximum absolute atomic E-state index is 14.0. The number of rotatable bonds is 4. The van der Waals surface area contributed by atoms with E-state index in [1.165, 1.54) is 6.07 Å². The zero-order valence-electron chi connectivity index (χ0n) is 17.0. The summed E-state index contributed by atoms with van der Waals surface area (Å²) in [5, 5.41) is 0. The molecule has 0 saturated carbocycles. The Morgan fingerprint density at radius 2 is 1.90 bits per heavy atom. The highest BCUT2D eigenvalue weighted by molar-refractivity contribution is 5.79. The number of aryl methyl sites for hydroxylation is 1. The largest absolute Gasteiger partial charge is 0.436 e. The Bertz CT molecular complexity index is 883. The number of halogens is 1. The first-order valence-corrected chi connectivity index (χ1v) is 10.3. The van der Waals surface area contributed by atoms with Crippen LogP contribution in [-0.2, 0) is 4.79 Å². The minimum absolute atomic E-state index is 0.0748. The summed E-state index contributed by atoms with van der Waals surface area (Å²) in [4.78, 5) is 26.5. The van der Waals surface area contributed by atoms with Crippen LogP contribution < -0.4 is 4.74 Å². The van der Waals surface area contributed by atoms with Crippen LogP contribution in [0.3, 0.4) is 0 Å². The van der Waals surface area contributed by atoms with Crippen molar-refractivity contribution in [2.24, 2.45) is 5.92 Å². The number of amides is 1. The number of carbonyl (C=O) groups excluding carboxylic acids is 1. The van der Waals surface area contributed by atoms with Gasteiger partial charge >= 0.3 is 0 Å². The summed E-state index contributed by atoms with van der Waals surface area (Å²) >= 11 is 0. The van der Waals surface area contributed by atoms with Crippen molar-refractivity contribution in [2.45, 2.75) is 38.6 Å². The van der Waals surface area contributed by atoms with E-state index in [1.54, 1.807) is 24.3 Å². The number of ether oxygens (including phenoxy) is 1. The molecule has 2 aromatic rings. The third kappa shape index (κ3) is 4.40. The van der Waals surface area contributed by atoms with Crippen LogP contribution in [0.4, 0.5) is 4.39 Å². The second kappa shape index (κ2) is 8.45. The van der Waals surface area contributed by atoms with E-state index in [0.717, 1.165) is 51.0 Å². The molecular weight excluding hydrogens is 371 g/mol. The molecule has 1 aromatic heterocycles. The molecule has 0 N–H and O–H groups in total. The van der Waals surface area contributed by atoms with Gasteiger partial charge in [0.2, 0.25) is 11.8 Å². The normalized spacial score (nSPS) is 20.8. The Morgan fingerprint density at radius 3 is 2.66 bits per heavy atom. The highest BCUT2D eigenvalue weighted by Gasteiger charge is 2.36. The lowest BCUT2D eigenvalue weighted by Crippen LogP contribution is -2.41. The summed E-state index contributed by atoms with van der Waals surface area (Å²) in [5.74, 6) is 0.854. The van der Waals surface area contributed by atoms with E-state index >= 15 is 0 Å². The fourth-order valence-corrected chi connectivity index (χ4v) is 4.19. The van der Waals surface area contributed by atoms with Crippen LogP contribution in [-0.4, -0.2) is 52.4 Å². The lowest BCUT2D eigenvalue weighted by molar-refractivity contribution is -0.138. The topological polar surface area (TPSA) is 58.6 Å². The van der Waals surface area contributed by atoms with Crippen molar-refractivity contribution in [2.75, 3.05) is 26.7 Å². The summed E-state index contributed by atoms with van der Waals surface area (Å²) in [7, 11) is 2.09. The van der Waals surface area contributed by atoms with Crippen LogP contribution in [0.15, 0.2) is 30.3 Å². The van der Waals surface area contributed by atoms with E-state index in [4.69, 9.17) is 4.74 Å². The molecule has 1 amide bonds. The number of carbonyl (C=O) groups is 1. The van der Waals surface area contributed by atoms with Crippen LogP contribution in [0, 0.1) is 18.7 Å². The molecule has 2 aliphatic heterocycles. The highest BCUT2D eigenvalue weighted by Crippen LogP contribution is 2.34. The molecule has 6 nitrogen and oxygen atoms in total. The Hall–Kier alpha value is -2.54. The van der Waals surface area contributed by atoms with Crippen molar-refractivity contribution in [1.82, 2.24) is 19.8 Å². The number of piperidine rings is 1. The van der Waals surface area contributed by atoms with Crippen molar-refractivity contribution >= 4 is 5.91 Å². The van der Waals surface area contributed by atoms with Gasteiger partial charge in [-0.2, -0.15) is 4.98 Å². The molecule has 7 heteroatoms. The summed E-state index contributed by atoms with van der Waals surface area (Å²) in [6.07, 6.45) is 3.56. The lowest BCUT2D eigenvalue weighted by atomic mass is 9.95. The summed E-state index contributed by atoms with van der Waals surface area (Å²) in [6, 6.07) is 7.79. The van der Waals surface area contributed by atoms with E-state index in [1.807, 2.05) is 11.8 Å². The van der Waals surface area contributed by atoms with Crippen molar-refractivity contribution in [3.63, 3.8) is 0 Å². The Kier molecular flexibility index (Phi) is 5.76. The maximum atomic E-state index is 14.0. The molecule has 3 heterocycles. The average molecular weight is 398 g/mol. The lowest BCUT2D eigenvalue weighted by Gasteiger charge is -2.33. The second-order valence-corrected chi connectivity index (χ2v) is 8.01. The molecule has 2 fully saturated rings. The summed E-state index contributed by atoms with van der Waals surface area (Å²) in [5.41, 5.74) is 0.736.